The van der Waals surface area contributed by atoms with Gasteiger partial charge in [-0.1, -0.05) is 22.5 Å². The molecule has 0 fully saturated rings. The van der Waals surface area contributed by atoms with Crippen LogP contribution in [0.1, 0.15) is 6.92 Å². The summed E-state index contributed by atoms with van der Waals surface area (Å²) >= 11 is -0.342. The van der Waals surface area contributed by atoms with Crippen molar-refractivity contribution >= 4 is 33.7 Å². The molecule has 2 heterocycles. The lowest BCUT2D eigenvalue weighted by Crippen LogP contribution is -2.35. The predicted octanol–water partition coefficient (Wildman–Crippen LogP) is 3.28. The van der Waals surface area contributed by atoms with Crippen LogP contribution in [-0.4, -0.2) is 20.4 Å². The second-order valence-electron chi connectivity index (χ2n) is 4.63. The maximum absolute atomic E-state index is 12.7. The first-order valence-corrected chi connectivity index (χ1v) is 8.79. The Labute approximate surface area is 141 Å². The topological polar surface area (TPSA) is 69.2 Å². The molecule has 0 aliphatic rings. The molecule has 0 aliphatic heterocycles. The van der Waals surface area contributed by atoms with E-state index in [0.29, 0.717) is 10.0 Å². The number of hydrogen-bond acceptors (Lipinski definition) is 5. The van der Waals surface area contributed by atoms with Crippen LogP contribution in [0.4, 0.5) is 5.13 Å². The summed E-state index contributed by atoms with van der Waals surface area (Å²) in [7, 11) is 0. The van der Waals surface area contributed by atoms with Gasteiger partial charge in [-0.25, -0.2) is 4.98 Å². The second kappa shape index (κ2) is 6.91. The van der Waals surface area contributed by atoms with E-state index in [2.05, 4.69) is 9.97 Å². The maximum atomic E-state index is 12.7. The minimum absolute atomic E-state index is 0.317. The number of aromatic nitrogens is 2. The van der Waals surface area contributed by atoms with E-state index in [-0.39, 0.29) is 5.91 Å². The van der Waals surface area contributed by atoms with Crippen LogP contribution in [0.25, 0.3) is 11.3 Å². The molecule has 0 bridgehead atoms. The molecule has 3 rings (SSSR count). The minimum atomic E-state index is -1.63. The average molecular weight is 343 g/mol. The Balaban J connectivity index is 1.94. The van der Waals surface area contributed by atoms with E-state index in [9.17, 15) is 9.35 Å². The number of thiazole rings is 1. The lowest BCUT2D eigenvalue weighted by molar-refractivity contribution is -0.115. The first kappa shape index (κ1) is 15.7. The van der Waals surface area contributed by atoms with Crippen LogP contribution in [-0.2, 0) is 16.2 Å². The Bertz CT molecular complexity index is 793. The molecule has 7 heteroatoms. The minimum Gasteiger partial charge on any atom is -0.587 e. The fraction of sp³-hybridized carbons (Fsp3) is 0.0625. The molecular weight excluding hydrogens is 330 g/mol. The molecule has 23 heavy (non-hydrogen) atoms. The summed E-state index contributed by atoms with van der Waals surface area (Å²) in [5, 5.41) is 2.24. The lowest BCUT2D eigenvalue weighted by Gasteiger charge is -2.19. The first-order chi connectivity index (χ1) is 11.2. The molecule has 0 aliphatic carbocycles. The van der Waals surface area contributed by atoms with Gasteiger partial charge in [0, 0.05) is 30.3 Å². The van der Waals surface area contributed by atoms with Gasteiger partial charge in [0.15, 0.2) is 4.90 Å². The van der Waals surface area contributed by atoms with Gasteiger partial charge in [-0.2, -0.15) is 0 Å². The van der Waals surface area contributed by atoms with Gasteiger partial charge < -0.3 is 4.55 Å². The van der Waals surface area contributed by atoms with E-state index in [1.165, 1.54) is 22.6 Å². The predicted molar refractivity (Wildman–Crippen MR) is 91.4 cm³/mol. The highest BCUT2D eigenvalue weighted by Gasteiger charge is 2.30. The van der Waals surface area contributed by atoms with E-state index in [4.69, 9.17) is 0 Å². The number of carbonyl (C=O) groups excluding carboxylic acids is 1. The highest BCUT2D eigenvalue weighted by atomic mass is 32.2. The summed E-state index contributed by atoms with van der Waals surface area (Å²) in [6.07, 6.45) is 3.36. The van der Waals surface area contributed by atoms with E-state index in [1.54, 1.807) is 36.7 Å². The molecule has 0 spiro atoms. The quantitative estimate of drug-likeness (QED) is 0.682. The third-order valence-corrected chi connectivity index (χ3v) is 5.42. The summed E-state index contributed by atoms with van der Waals surface area (Å²) in [6, 6.07) is 12.5. The van der Waals surface area contributed by atoms with Crippen molar-refractivity contribution in [2.75, 3.05) is 4.31 Å². The van der Waals surface area contributed by atoms with E-state index >= 15 is 0 Å². The molecule has 0 N–H and O–H groups in total. The smallest absolute Gasteiger partial charge is 0.269 e. The molecule has 3 aromatic rings. The monoisotopic (exact) mass is 343 g/mol. The first-order valence-electron chi connectivity index (χ1n) is 6.80. The number of carbonyl (C=O) groups is 1. The zero-order chi connectivity index (χ0) is 16.2. The van der Waals surface area contributed by atoms with Crippen molar-refractivity contribution in [3.8, 4) is 11.3 Å². The number of pyridine rings is 1. The highest BCUT2D eigenvalue weighted by molar-refractivity contribution is 7.93. The molecule has 0 radical (unpaired) electrons. The van der Waals surface area contributed by atoms with Crippen LogP contribution in [0.3, 0.4) is 0 Å². The van der Waals surface area contributed by atoms with Crippen LogP contribution in [0.15, 0.2) is 65.1 Å². The van der Waals surface area contributed by atoms with Crippen LogP contribution >= 0.6 is 11.3 Å². The number of rotatable bonds is 4. The SMILES string of the molecule is CC(=O)N(c1nc(-c2ccncc2)cs1)[S+]([O-])c1ccccc1. The molecule has 0 saturated heterocycles. The Morgan fingerprint density at radius 3 is 2.52 bits per heavy atom. The molecule has 1 aromatic carbocycles. The molecule has 1 atom stereocenters. The Morgan fingerprint density at radius 1 is 1.17 bits per heavy atom. The molecule has 1 amide bonds. The van der Waals surface area contributed by atoms with Gasteiger partial charge in [0.05, 0.1) is 5.69 Å². The number of anilines is 1. The molecule has 116 valence electrons. The summed E-state index contributed by atoms with van der Waals surface area (Å²) in [6.45, 7) is 1.38. The lowest BCUT2D eigenvalue weighted by atomic mass is 10.2. The van der Waals surface area contributed by atoms with Gasteiger partial charge in [-0.3, -0.25) is 9.78 Å². The molecule has 0 saturated carbocycles. The van der Waals surface area contributed by atoms with Gasteiger partial charge in [0.1, 0.15) is 11.4 Å². The number of amides is 1. The molecule has 5 nitrogen and oxygen atoms in total. The van der Waals surface area contributed by atoms with Gasteiger partial charge in [-0.05, 0) is 24.3 Å². The van der Waals surface area contributed by atoms with Crippen molar-refractivity contribution in [2.24, 2.45) is 0 Å². The average Bonchev–Trinajstić information content (AvgIpc) is 3.06. The van der Waals surface area contributed by atoms with Crippen molar-refractivity contribution in [3.63, 3.8) is 0 Å². The largest absolute Gasteiger partial charge is 0.587 e. The third-order valence-electron chi connectivity index (χ3n) is 3.04. The fourth-order valence-corrected chi connectivity index (χ4v) is 4.11. The van der Waals surface area contributed by atoms with Crippen LogP contribution < -0.4 is 4.31 Å². The highest BCUT2D eigenvalue weighted by Crippen LogP contribution is 2.30. The summed E-state index contributed by atoms with van der Waals surface area (Å²) in [5.74, 6) is -0.317. The standard InChI is InChI=1S/C16H13N3O2S2/c1-12(20)19(23(21)14-5-3-2-4-6-14)16-18-15(11-22-16)13-7-9-17-10-8-13/h2-11H,1H3. The van der Waals surface area contributed by atoms with Crippen molar-refractivity contribution < 1.29 is 9.35 Å². The summed E-state index contributed by atoms with van der Waals surface area (Å²) in [4.78, 5) is 21.0. The zero-order valence-corrected chi connectivity index (χ0v) is 13.9. The molecule has 1 unspecified atom stereocenters. The van der Waals surface area contributed by atoms with Crippen molar-refractivity contribution in [1.82, 2.24) is 9.97 Å². The second-order valence-corrected chi connectivity index (χ2v) is 6.80. The van der Waals surface area contributed by atoms with Crippen LogP contribution in [0.5, 0.6) is 0 Å². The number of benzene rings is 1. The van der Waals surface area contributed by atoms with E-state index < -0.39 is 11.4 Å². The third kappa shape index (κ3) is 3.42. The summed E-state index contributed by atoms with van der Waals surface area (Å²) < 4.78 is 13.9. The van der Waals surface area contributed by atoms with Crippen molar-refractivity contribution in [1.29, 1.82) is 0 Å². The molecular formula is C16H13N3O2S2. The van der Waals surface area contributed by atoms with E-state index in [1.807, 2.05) is 23.6 Å². The Morgan fingerprint density at radius 2 is 1.87 bits per heavy atom. The van der Waals surface area contributed by atoms with Crippen molar-refractivity contribution in [3.05, 3.63) is 60.2 Å². The Kier molecular flexibility index (Phi) is 4.71. The van der Waals surface area contributed by atoms with E-state index in [0.717, 1.165) is 11.3 Å². The Hall–Kier alpha value is -2.22. The van der Waals surface area contributed by atoms with Gasteiger partial charge in [-0.15, -0.1) is 11.3 Å². The zero-order valence-electron chi connectivity index (χ0n) is 12.2. The van der Waals surface area contributed by atoms with Gasteiger partial charge >= 0.3 is 0 Å². The van der Waals surface area contributed by atoms with Crippen LogP contribution in [0, 0.1) is 0 Å². The number of hydrogen-bond donors (Lipinski definition) is 0. The maximum Gasteiger partial charge on any atom is 0.269 e. The van der Waals surface area contributed by atoms with Gasteiger partial charge in [0.2, 0.25) is 5.13 Å². The fourth-order valence-electron chi connectivity index (χ4n) is 1.98. The summed E-state index contributed by atoms with van der Waals surface area (Å²) in [5.41, 5.74) is 1.63. The normalized spacial score (nSPS) is 11.9. The molecule has 2 aromatic heterocycles. The van der Waals surface area contributed by atoms with Crippen LogP contribution in [0.2, 0.25) is 0 Å². The number of nitrogens with zero attached hydrogens (tertiary/aromatic N) is 3. The van der Waals surface area contributed by atoms with Crippen molar-refractivity contribution in [2.45, 2.75) is 11.8 Å². The van der Waals surface area contributed by atoms with Gasteiger partial charge in [0.25, 0.3) is 5.91 Å².